The van der Waals surface area contributed by atoms with Crippen molar-refractivity contribution < 1.29 is 4.39 Å². The molecule has 1 heterocycles. The SMILES string of the molecule is CCCNC(CCC)c1ncccc1F. The predicted octanol–water partition coefficient (Wildman–Crippen LogP) is 3.06. The van der Waals surface area contributed by atoms with Crippen LogP contribution in [0.15, 0.2) is 18.3 Å². The van der Waals surface area contributed by atoms with Crippen LogP contribution in [0.2, 0.25) is 0 Å². The lowest BCUT2D eigenvalue weighted by Gasteiger charge is -2.17. The van der Waals surface area contributed by atoms with Crippen LogP contribution in [0.4, 0.5) is 4.39 Å². The molecule has 0 aliphatic carbocycles. The van der Waals surface area contributed by atoms with Gasteiger partial charge in [0.05, 0.1) is 11.7 Å². The first kappa shape index (κ1) is 12.1. The minimum Gasteiger partial charge on any atom is -0.309 e. The average Bonchev–Trinajstić information content (AvgIpc) is 2.25. The highest BCUT2D eigenvalue weighted by atomic mass is 19.1. The fourth-order valence-corrected chi connectivity index (χ4v) is 1.60. The molecule has 1 aromatic heterocycles. The Morgan fingerprint density at radius 1 is 1.40 bits per heavy atom. The van der Waals surface area contributed by atoms with Gasteiger partial charge in [-0.05, 0) is 31.5 Å². The number of halogens is 1. The summed E-state index contributed by atoms with van der Waals surface area (Å²) < 4.78 is 13.5. The van der Waals surface area contributed by atoms with Crippen molar-refractivity contribution in [2.45, 2.75) is 39.2 Å². The molecule has 1 N–H and O–H groups in total. The monoisotopic (exact) mass is 210 g/mol. The smallest absolute Gasteiger partial charge is 0.146 e. The Morgan fingerprint density at radius 3 is 2.80 bits per heavy atom. The molecule has 0 aliphatic heterocycles. The Labute approximate surface area is 90.9 Å². The fourth-order valence-electron chi connectivity index (χ4n) is 1.60. The Balaban J connectivity index is 2.74. The Bertz CT molecular complexity index is 289. The van der Waals surface area contributed by atoms with Gasteiger partial charge in [0.2, 0.25) is 0 Å². The number of pyridine rings is 1. The molecule has 0 fully saturated rings. The third-order valence-corrected chi connectivity index (χ3v) is 2.34. The zero-order chi connectivity index (χ0) is 11.1. The van der Waals surface area contributed by atoms with Gasteiger partial charge >= 0.3 is 0 Å². The van der Waals surface area contributed by atoms with Crippen molar-refractivity contribution in [3.63, 3.8) is 0 Å². The van der Waals surface area contributed by atoms with E-state index >= 15 is 0 Å². The highest BCUT2D eigenvalue weighted by molar-refractivity contribution is 5.11. The molecular formula is C12H19FN2. The normalized spacial score (nSPS) is 12.7. The number of nitrogens with zero attached hydrogens (tertiary/aromatic N) is 1. The molecule has 0 bridgehead atoms. The van der Waals surface area contributed by atoms with Crippen LogP contribution in [0.5, 0.6) is 0 Å². The van der Waals surface area contributed by atoms with E-state index in [1.165, 1.54) is 6.07 Å². The van der Waals surface area contributed by atoms with Crippen LogP contribution in [0.1, 0.15) is 44.8 Å². The Hall–Kier alpha value is -0.960. The van der Waals surface area contributed by atoms with Crippen LogP contribution in [-0.4, -0.2) is 11.5 Å². The second-order valence-electron chi connectivity index (χ2n) is 3.67. The van der Waals surface area contributed by atoms with Crippen LogP contribution in [0.25, 0.3) is 0 Å². The number of nitrogens with one attached hydrogen (secondary N) is 1. The van der Waals surface area contributed by atoms with E-state index in [1.807, 2.05) is 0 Å². The van der Waals surface area contributed by atoms with E-state index in [9.17, 15) is 4.39 Å². The molecule has 0 saturated heterocycles. The maximum atomic E-state index is 13.5. The molecule has 0 aliphatic rings. The molecule has 0 amide bonds. The lowest BCUT2D eigenvalue weighted by molar-refractivity contribution is 0.457. The zero-order valence-corrected chi connectivity index (χ0v) is 9.46. The van der Waals surface area contributed by atoms with Gasteiger partial charge in [0, 0.05) is 6.20 Å². The van der Waals surface area contributed by atoms with Crippen LogP contribution < -0.4 is 5.32 Å². The summed E-state index contributed by atoms with van der Waals surface area (Å²) in [6.07, 6.45) is 4.65. The highest BCUT2D eigenvalue weighted by Crippen LogP contribution is 2.18. The van der Waals surface area contributed by atoms with Crippen molar-refractivity contribution in [2.24, 2.45) is 0 Å². The van der Waals surface area contributed by atoms with E-state index in [1.54, 1.807) is 12.3 Å². The minimum atomic E-state index is -0.209. The van der Waals surface area contributed by atoms with Gasteiger partial charge in [-0.1, -0.05) is 20.3 Å². The topological polar surface area (TPSA) is 24.9 Å². The van der Waals surface area contributed by atoms with Crippen molar-refractivity contribution >= 4 is 0 Å². The molecule has 0 radical (unpaired) electrons. The maximum Gasteiger partial charge on any atom is 0.146 e. The van der Waals surface area contributed by atoms with E-state index in [0.717, 1.165) is 25.8 Å². The zero-order valence-electron chi connectivity index (χ0n) is 9.46. The van der Waals surface area contributed by atoms with Crippen molar-refractivity contribution in [3.8, 4) is 0 Å². The number of aromatic nitrogens is 1. The number of rotatable bonds is 6. The average molecular weight is 210 g/mol. The summed E-state index contributed by atoms with van der Waals surface area (Å²) in [6, 6.07) is 3.15. The van der Waals surface area contributed by atoms with Crippen molar-refractivity contribution in [1.82, 2.24) is 10.3 Å². The van der Waals surface area contributed by atoms with E-state index in [4.69, 9.17) is 0 Å². The van der Waals surface area contributed by atoms with Crippen molar-refractivity contribution in [2.75, 3.05) is 6.54 Å². The molecule has 1 rings (SSSR count). The van der Waals surface area contributed by atoms with Gasteiger partial charge in [-0.25, -0.2) is 4.39 Å². The molecule has 1 unspecified atom stereocenters. The standard InChI is InChI=1S/C12H19FN2/c1-3-6-11(14-8-4-2)12-10(13)7-5-9-15-12/h5,7,9,11,14H,3-4,6,8H2,1-2H3. The fraction of sp³-hybridized carbons (Fsp3) is 0.583. The van der Waals surface area contributed by atoms with Crippen molar-refractivity contribution in [1.29, 1.82) is 0 Å². The lowest BCUT2D eigenvalue weighted by Crippen LogP contribution is -2.23. The summed E-state index contributed by atoms with van der Waals surface area (Å²) in [5, 5.41) is 3.32. The highest BCUT2D eigenvalue weighted by Gasteiger charge is 2.14. The molecule has 2 nitrogen and oxygen atoms in total. The van der Waals surface area contributed by atoms with E-state index in [-0.39, 0.29) is 11.9 Å². The molecule has 0 saturated carbocycles. The summed E-state index contributed by atoms with van der Waals surface area (Å²) in [6.45, 7) is 5.10. The molecular weight excluding hydrogens is 191 g/mol. The van der Waals surface area contributed by atoms with Gasteiger partial charge in [0.15, 0.2) is 0 Å². The van der Waals surface area contributed by atoms with E-state index in [2.05, 4.69) is 24.1 Å². The molecule has 3 heteroatoms. The van der Waals surface area contributed by atoms with Gasteiger partial charge in [0.1, 0.15) is 5.82 Å². The Kier molecular flexibility index (Phi) is 5.26. The van der Waals surface area contributed by atoms with Crippen LogP contribution in [0, 0.1) is 5.82 Å². The first-order chi connectivity index (χ1) is 7.29. The number of hydrogen-bond donors (Lipinski definition) is 1. The summed E-state index contributed by atoms with van der Waals surface area (Å²) in [7, 11) is 0. The molecule has 1 aromatic rings. The summed E-state index contributed by atoms with van der Waals surface area (Å²) in [5.41, 5.74) is 0.549. The van der Waals surface area contributed by atoms with Gasteiger partial charge in [-0.15, -0.1) is 0 Å². The first-order valence-corrected chi connectivity index (χ1v) is 5.63. The molecule has 84 valence electrons. The molecule has 0 aromatic carbocycles. The second kappa shape index (κ2) is 6.51. The third-order valence-electron chi connectivity index (χ3n) is 2.34. The largest absolute Gasteiger partial charge is 0.309 e. The van der Waals surface area contributed by atoms with Gasteiger partial charge in [0.25, 0.3) is 0 Å². The molecule has 0 spiro atoms. The third kappa shape index (κ3) is 3.59. The summed E-state index contributed by atoms with van der Waals surface area (Å²) in [4.78, 5) is 4.11. The molecule has 15 heavy (non-hydrogen) atoms. The first-order valence-electron chi connectivity index (χ1n) is 5.63. The maximum absolute atomic E-state index is 13.5. The van der Waals surface area contributed by atoms with Gasteiger partial charge in [-0.3, -0.25) is 4.98 Å². The predicted molar refractivity (Wildman–Crippen MR) is 60.1 cm³/mol. The summed E-state index contributed by atoms with van der Waals surface area (Å²) >= 11 is 0. The Morgan fingerprint density at radius 2 is 2.20 bits per heavy atom. The summed E-state index contributed by atoms with van der Waals surface area (Å²) in [5.74, 6) is -0.209. The van der Waals surface area contributed by atoms with Crippen molar-refractivity contribution in [3.05, 3.63) is 29.8 Å². The second-order valence-corrected chi connectivity index (χ2v) is 3.67. The van der Waals surface area contributed by atoms with Crippen LogP contribution >= 0.6 is 0 Å². The van der Waals surface area contributed by atoms with E-state index < -0.39 is 0 Å². The van der Waals surface area contributed by atoms with Crippen LogP contribution in [-0.2, 0) is 0 Å². The van der Waals surface area contributed by atoms with Gasteiger partial charge in [-0.2, -0.15) is 0 Å². The lowest BCUT2D eigenvalue weighted by atomic mass is 10.1. The minimum absolute atomic E-state index is 0.0520. The number of hydrogen-bond acceptors (Lipinski definition) is 2. The van der Waals surface area contributed by atoms with Crippen LogP contribution in [0.3, 0.4) is 0 Å². The van der Waals surface area contributed by atoms with Gasteiger partial charge < -0.3 is 5.32 Å². The van der Waals surface area contributed by atoms with E-state index in [0.29, 0.717) is 5.69 Å². The molecule has 1 atom stereocenters. The quantitative estimate of drug-likeness (QED) is 0.780.